The lowest BCUT2D eigenvalue weighted by Gasteiger charge is -2.30. The molecule has 1 aliphatic carbocycles. The first kappa shape index (κ1) is 15.0. The largest absolute Gasteiger partial charge is 0.271 e. The topological polar surface area (TPSA) is 72.2 Å². The predicted octanol–water partition coefficient (Wildman–Crippen LogP) is 2.43. The predicted molar refractivity (Wildman–Crippen MR) is 84.5 cm³/mol. The summed E-state index contributed by atoms with van der Waals surface area (Å²) in [7, 11) is -3.05. The molecular weight excluding hydrogens is 284 g/mol. The van der Waals surface area contributed by atoms with Crippen LogP contribution in [0.3, 0.4) is 0 Å². The summed E-state index contributed by atoms with van der Waals surface area (Å²) in [6, 6.07) is 8.06. The maximum Gasteiger partial charge on any atom is 0.155 e. The molecule has 3 rings (SSSR count). The number of hydrogen-bond donors (Lipinski definition) is 2. The van der Waals surface area contributed by atoms with Crippen molar-refractivity contribution in [3.05, 3.63) is 35.4 Å². The minimum atomic E-state index is -3.05. The molecule has 2 fully saturated rings. The molecule has 2 aliphatic rings. The third-order valence-corrected chi connectivity index (χ3v) is 7.34. The summed E-state index contributed by atoms with van der Waals surface area (Å²) in [5.41, 5.74) is 5.09. The van der Waals surface area contributed by atoms with Crippen LogP contribution in [0.1, 0.15) is 61.6 Å². The van der Waals surface area contributed by atoms with Crippen molar-refractivity contribution >= 4 is 9.84 Å². The first-order valence-corrected chi connectivity index (χ1v) is 9.61. The third-order valence-electron chi connectivity index (χ3n) is 5.05. The number of nitrogens with one attached hydrogen (secondary N) is 1. The van der Waals surface area contributed by atoms with Crippen LogP contribution in [-0.4, -0.2) is 19.4 Å². The van der Waals surface area contributed by atoms with E-state index in [4.69, 9.17) is 5.84 Å². The summed E-state index contributed by atoms with van der Waals surface area (Å²) < 4.78 is 24.6. The van der Waals surface area contributed by atoms with Crippen LogP contribution in [0.5, 0.6) is 0 Å². The van der Waals surface area contributed by atoms with Crippen molar-refractivity contribution in [2.45, 2.75) is 55.7 Å². The number of hydrogen-bond acceptors (Lipinski definition) is 4. The Balaban J connectivity index is 1.82. The molecule has 1 aromatic carbocycles. The average molecular weight is 308 g/mol. The molecule has 1 saturated carbocycles. The molecule has 0 radical (unpaired) electrons. The van der Waals surface area contributed by atoms with Crippen LogP contribution in [-0.2, 0) is 9.84 Å². The second-order valence-electron chi connectivity index (χ2n) is 6.34. The normalized spacial score (nSPS) is 27.0. The molecule has 1 saturated heterocycles. The molecule has 4 nitrogen and oxygen atoms in total. The van der Waals surface area contributed by atoms with Crippen LogP contribution >= 0.6 is 0 Å². The quantitative estimate of drug-likeness (QED) is 0.662. The Morgan fingerprint density at radius 2 is 1.76 bits per heavy atom. The van der Waals surface area contributed by atoms with Crippen molar-refractivity contribution in [3.63, 3.8) is 0 Å². The molecule has 0 spiro atoms. The van der Waals surface area contributed by atoms with Gasteiger partial charge in [-0.2, -0.15) is 0 Å². The van der Waals surface area contributed by atoms with E-state index in [9.17, 15) is 8.42 Å². The van der Waals surface area contributed by atoms with Gasteiger partial charge in [-0.3, -0.25) is 11.3 Å². The number of nitrogens with two attached hydrogens (primary N) is 1. The summed E-state index contributed by atoms with van der Waals surface area (Å²) in [6.07, 6.45) is 6.30. The Kier molecular flexibility index (Phi) is 4.33. The zero-order chi connectivity index (χ0) is 14.9. The molecule has 0 aromatic heterocycles. The summed E-state index contributed by atoms with van der Waals surface area (Å²) >= 11 is 0. The number of rotatable bonds is 4. The van der Waals surface area contributed by atoms with Gasteiger partial charge in [0.1, 0.15) is 0 Å². The van der Waals surface area contributed by atoms with Crippen molar-refractivity contribution < 1.29 is 8.42 Å². The van der Waals surface area contributed by atoms with E-state index in [-0.39, 0.29) is 11.8 Å². The van der Waals surface area contributed by atoms with Gasteiger partial charge in [-0.05, 0) is 42.7 Å². The minimum absolute atomic E-state index is 0.288. The van der Waals surface area contributed by atoms with E-state index < -0.39 is 15.1 Å². The highest BCUT2D eigenvalue weighted by Gasteiger charge is 2.36. The molecule has 21 heavy (non-hydrogen) atoms. The standard InChI is InChI=1S/C16H24N2O2S/c17-18-16(15-6-1-2-11-21(15,19)20)14-9-7-13(8-10-14)12-4-3-5-12/h7-10,12,15-16,18H,1-6,11,17H2. The van der Waals surface area contributed by atoms with Crippen molar-refractivity contribution in [3.8, 4) is 0 Å². The number of sulfone groups is 1. The van der Waals surface area contributed by atoms with E-state index in [2.05, 4.69) is 17.6 Å². The molecule has 0 bridgehead atoms. The summed E-state index contributed by atoms with van der Waals surface area (Å²) in [4.78, 5) is 0. The average Bonchev–Trinajstić information content (AvgIpc) is 2.41. The van der Waals surface area contributed by atoms with Gasteiger partial charge in [0, 0.05) is 0 Å². The van der Waals surface area contributed by atoms with Crippen LogP contribution in [0.2, 0.25) is 0 Å². The highest BCUT2D eigenvalue weighted by atomic mass is 32.2. The molecule has 1 heterocycles. The van der Waals surface area contributed by atoms with Crippen molar-refractivity contribution in [1.29, 1.82) is 0 Å². The van der Waals surface area contributed by atoms with Gasteiger partial charge < -0.3 is 0 Å². The molecule has 3 N–H and O–H groups in total. The maximum absolute atomic E-state index is 12.3. The van der Waals surface area contributed by atoms with E-state index in [1.54, 1.807) is 0 Å². The van der Waals surface area contributed by atoms with E-state index in [0.29, 0.717) is 12.3 Å². The molecule has 116 valence electrons. The molecule has 2 unspecified atom stereocenters. The van der Waals surface area contributed by atoms with Crippen LogP contribution in [0.25, 0.3) is 0 Å². The van der Waals surface area contributed by atoms with Gasteiger partial charge >= 0.3 is 0 Å². The van der Waals surface area contributed by atoms with Crippen molar-refractivity contribution in [1.82, 2.24) is 5.43 Å². The second kappa shape index (κ2) is 6.07. The fourth-order valence-corrected chi connectivity index (χ4v) is 5.57. The maximum atomic E-state index is 12.3. The lowest BCUT2D eigenvalue weighted by Crippen LogP contribution is -2.43. The monoisotopic (exact) mass is 308 g/mol. The summed E-state index contributed by atoms with van der Waals surface area (Å²) in [6.45, 7) is 0. The lowest BCUT2D eigenvalue weighted by atomic mass is 9.80. The second-order valence-corrected chi connectivity index (χ2v) is 8.68. The molecule has 0 amide bonds. The SMILES string of the molecule is NNC(c1ccc(C2CCC2)cc1)C1CCCCS1(=O)=O. The van der Waals surface area contributed by atoms with Crippen LogP contribution < -0.4 is 11.3 Å². The van der Waals surface area contributed by atoms with Gasteiger partial charge in [-0.1, -0.05) is 37.1 Å². The Hall–Kier alpha value is -0.910. The van der Waals surface area contributed by atoms with Crippen LogP contribution in [0.4, 0.5) is 0 Å². The highest BCUT2D eigenvalue weighted by Crippen LogP contribution is 2.37. The van der Waals surface area contributed by atoms with Crippen LogP contribution in [0.15, 0.2) is 24.3 Å². The molecule has 1 aliphatic heterocycles. The van der Waals surface area contributed by atoms with Gasteiger partial charge in [0.25, 0.3) is 0 Å². The Bertz CT molecular complexity index is 579. The van der Waals surface area contributed by atoms with Gasteiger partial charge in [-0.25, -0.2) is 8.42 Å². The number of benzene rings is 1. The molecular formula is C16H24N2O2S. The van der Waals surface area contributed by atoms with E-state index in [1.165, 1.54) is 24.8 Å². The third kappa shape index (κ3) is 3.00. The fourth-order valence-electron chi connectivity index (χ4n) is 3.49. The first-order valence-electron chi connectivity index (χ1n) is 7.89. The smallest absolute Gasteiger partial charge is 0.155 e. The lowest BCUT2D eigenvalue weighted by molar-refractivity contribution is 0.419. The van der Waals surface area contributed by atoms with Gasteiger partial charge in [0.15, 0.2) is 9.84 Å². The van der Waals surface area contributed by atoms with E-state index >= 15 is 0 Å². The fraction of sp³-hybridized carbons (Fsp3) is 0.625. The van der Waals surface area contributed by atoms with Crippen molar-refractivity contribution in [2.75, 3.05) is 5.75 Å². The molecule has 2 atom stereocenters. The molecule has 1 aromatic rings. The Morgan fingerprint density at radius 1 is 1.05 bits per heavy atom. The van der Waals surface area contributed by atoms with E-state index in [0.717, 1.165) is 18.4 Å². The first-order chi connectivity index (χ1) is 10.1. The Morgan fingerprint density at radius 3 is 2.29 bits per heavy atom. The minimum Gasteiger partial charge on any atom is -0.271 e. The molecule has 5 heteroatoms. The van der Waals surface area contributed by atoms with Gasteiger partial charge in [0.2, 0.25) is 0 Å². The van der Waals surface area contributed by atoms with Crippen LogP contribution in [0, 0.1) is 0 Å². The van der Waals surface area contributed by atoms with Gasteiger partial charge in [0.05, 0.1) is 17.0 Å². The summed E-state index contributed by atoms with van der Waals surface area (Å²) in [5, 5.41) is -0.397. The number of hydrazine groups is 1. The van der Waals surface area contributed by atoms with Crippen molar-refractivity contribution in [2.24, 2.45) is 5.84 Å². The van der Waals surface area contributed by atoms with Gasteiger partial charge in [-0.15, -0.1) is 0 Å². The Labute approximate surface area is 127 Å². The van der Waals surface area contributed by atoms with E-state index in [1.807, 2.05) is 12.1 Å². The highest BCUT2D eigenvalue weighted by molar-refractivity contribution is 7.92. The summed E-state index contributed by atoms with van der Waals surface area (Å²) in [5.74, 6) is 6.66. The zero-order valence-corrected chi connectivity index (χ0v) is 13.1. The zero-order valence-electron chi connectivity index (χ0n) is 12.3.